The summed E-state index contributed by atoms with van der Waals surface area (Å²) in [5.74, 6) is 5.04. The maximum atomic E-state index is 10.0. The van der Waals surface area contributed by atoms with Crippen molar-refractivity contribution in [1.29, 1.82) is 0 Å². The number of fused-ring (bicyclic) bond motifs is 5. The number of aromatic nitrogens is 14. The number of imidazole rings is 5. The van der Waals surface area contributed by atoms with Crippen LogP contribution in [0.2, 0.25) is 50.2 Å². The van der Waals surface area contributed by atoms with E-state index in [1.807, 2.05) is 120 Å². The molecule has 8 aliphatic rings. The monoisotopic (exact) mass is 2180 g/mol. The molecule has 752 valence electrons. The number of hydrogen-bond acceptors (Lipinski definition) is 24. The minimum atomic E-state index is -0.0985. The highest BCUT2D eigenvalue weighted by Crippen LogP contribution is 2.53. The predicted molar refractivity (Wildman–Crippen MR) is 586 cm³/mol. The molecule has 3 atom stereocenters. The highest BCUT2D eigenvalue weighted by atomic mass is 35.5. The van der Waals surface area contributed by atoms with E-state index in [1.165, 1.54) is 68.5 Å². The van der Waals surface area contributed by atoms with Crippen LogP contribution in [0.15, 0.2) is 195 Å². The Hall–Kier alpha value is -8.06. The SMILES string of the molecule is CC1(N)CCN(c2cnc(-c3cccc(Cl)c3Cl)c3nccn23)CC1.Cc1cc(N2CCC3(CCCC3N)CC2)n2c(CO)cnc2c1-c1cccc(Cl)c1Cl.Cc1nc(N2CCC(C)(N)CC2)n2ccnc2c1Sc1cccc(Cl)c1Cl.NC1CCCC12CCN(c1cnc(Sc3cccc(Cl)c3Cl)c3ncc(CO)n13)CC2.N[C@@H]1CCCC12CCN(c1cnc(Sc3cccc(Cl)c3Cl)c3nccn13)CC2. The molecule has 23 rings (SSSR count). The van der Waals surface area contributed by atoms with Gasteiger partial charge >= 0.3 is 0 Å². The lowest BCUT2D eigenvalue weighted by Crippen LogP contribution is -2.48. The average molecular weight is 2180 g/mol. The van der Waals surface area contributed by atoms with Gasteiger partial charge in [0.1, 0.15) is 44.7 Å². The number of rotatable bonds is 15. The number of nitrogens with two attached hydrogens (primary N) is 5. The fourth-order valence-corrected chi connectivity index (χ4v) is 27.1. The molecule has 3 aliphatic carbocycles. The molecular weight excluding hydrogens is 2070 g/mol. The summed E-state index contributed by atoms with van der Waals surface area (Å²) in [7, 11) is 0. The van der Waals surface area contributed by atoms with Gasteiger partial charge in [0.2, 0.25) is 5.95 Å². The average Bonchev–Trinajstić information content (AvgIpc) is 1.63. The first-order valence-electron chi connectivity index (χ1n) is 48.7. The minimum Gasteiger partial charge on any atom is -0.390 e. The van der Waals surface area contributed by atoms with E-state index in [9.17, 15) is 10.2 Å². The van der Waals surface area contributed by atoms with Gasteiger partial charge < -0.3 is 63.4 Å². The molecular formula is C104H116Cl10N24O2S3. The van der Waals surface area contributed by atoms with Gasteiger partial charge in [0.15, 0.2) is 22.6 Å². The fraction of sp³-hybridized carbons (Fsp3) is 0.413. The van der Waals surface area contributed by atoms with E-state index in [0.717, 1.165) is 269 Å². The van der Waals surface area contributed by atoms with Crippen molar-refractivity contribution in [3.05, 3.63) is 238 Å². The molecule has 15 heterocycles. The Labute approximate surface area is 895 Å². The highest BCUT2D eigenvalue weighted by Gasteiger charge is 2.47. The van der Waals surface area contributed by atoms with Gasteiger partial charge in [-0.1, -0.05) is 213 Å². The molecule has 8 fully saturated rings. The van der Waals surface area contributed by atoms with Crippen LogP contribution < -0.4 is 53.2 Å². The van der Waals surface area contributed by atoms with E-state index in [4.69, 9.17) is 165 Å². The van der Waals surface area contributed by atoms with E-state index >= 15 is 0 Å². The maximum Gasteiger partial charge on any atom is 0.211 e. The number of hydrogen-bond donors (Lipinski definition) is 7. The molecule has 3 saturated carbocycles. The fourth-order valence-electron chi connectivity index (χ4n) is 22.1. The Balaban J connectivity index is 0.000000114. The Morgan fingerprint density at radius 2 is 0.741 bits per heavy atom. The van der Waals surface area contributed by atoms with Crippen LogP contribution in [0, 0.1) is 30.1 Å². The number of piperidine rings is 5. The molecule has 2 unspecified atom stereocenters. The molecule has 0 bridgehead atoms. The van der Waals surface area contributed by atoms with Gasteiger partial charge in [0.25, 0.3) is 0 Å². The predicted octanol–water partition coefficient (Wildman–Crippen LogP) is 24.1. The van der Waals surface area contributed by atoms with Crippen LogP contribution >= 0.6 is 151 Å². The summed E-state index contributed by atoms with van der Waals surface area (Å²) in [4.78, 5) is 57.3. The zero-order chi connectivity index (χ0) is 100. The highest BCUT2D eigenvalue weighted by molar-refractivity contribution is 8.00. The van der Waals surface area contributed by atoms with E-state index in [2.05, 4.69) is 89.5 Å². The van der Waals surface area contributed by atoms with E-state index < -0.39 is 0 Å². The van der Waals surface area contributed by atoms with Gasteiger partial charge in [0.05, 0.1) is 116 Å². The summed E-state index contributed by atoms with van der Waals surface area (Å²) in [6.45, 7) is 17.5. The molecule has 10 aromatic heterocycles. The van der Waals surface area contributed by atoms with Crippen LogP contribution in [0.25, 0.3) is 50.6 Å². The summed E-state index contributed by atoms with van der Waals surface area (Å²) in [5.41, 5.74) is 43.5. The second-order valence-electron chi connectivity index (χ2n) is 39.7. The standard InChI is InChI=1S/C24H28Cl2N4O.C22H25Cl2N5OS.C21H23Cl2N5S.C19H21Cl2N5S.C18H19Cl2N5/c1-15-12-20(29-10-8-24(9-11-29)7-3-6-19(24)27)30-16(14-31)13-28-23(30)21(15)17-4-2-5-18(25)22(17)26;23-15-3-1-4-16(19(15)24)31-21-20-26-11-14(13-30)29(20)18(12-27-21)28-9-7-22(8-10-28)6-2-5-17(22)25;22-14-3-1-4-15(18(14)23)29-20-19-25-9-12-28(19)17(13-26-20)27-10-7-21(8-11-27)6-2-5-16(21)24;1-12-16(27-14-5-3-4-13(20)15(14)21)17-23-8-11-26(17)18(24-12)25-9-6-19(2,22)7-10-25;1-18(21)5-8-24(9-6-18)14-11-23-16(17-22-7-10-25(14)17)12-3-2-4-13(19)15(12)20/h2,4-5,12-13,19,31H,3,6-11,14,27H2,1H3;1,3-4,11-12,17,30H,2,5-10,13,25H2;1,3-4,9,12-13,16H,2,5-8,10-11,24H2;3-5,8,11H,6-7,9-10,22H2,1-2H3;2-4,7,10-11H,5-6,8-9,21H2,1H3/t;;16-;;/m..1../s1. The number of anilines is 5. The van der Waals surface area contributed by atoms with Crippen molar-refractivity contribution in [3.63, 3.8) is 0 Å². The lowest BCUT2D eigenvalue weighted by Gasteiger charge is -2.43. The summed E-state index contributed by atoms with van der Waals surface area (Å²) in [6, 6.07) is 31.2. The van der Waals surface area contributed by atoms with Gasteiger partial charge in [-0.05, 0) is 207 Å². The third-order valence-corrected chi connectivity index (χ3v) is 38.5. The quantitative estimate of drug-likeness (QED) is 0.0501. The topological polar surface area (TPSA) is 325 Å². The second kappa shape index (κ2) is 43.6. The lowest BCUT2D eigenvalue weighted by molar-refractivity contribution is 0.197. The van der Waals surface area contributed by atoms with Crippen LogP contribution in [-0.4, -0.2) is 172 Å². The number of benzene rings is 5. The van der Waals surface area contributed by atoms with Gasteiger partial charge in [-0.3, -0.25) is 22.0 Å². The molecule has 143 heavy (non-hydrogen) atoms. The maximum absolute atomic E-state index is 10.0. The van der Waals surface area contributed by atoms with Crippen LogP contribution in [0.5, 0.6) is 0 Å². The Kier molecular flexibility index (Phi) is 31.6. The summed E-state index contributed by atoms with van der Waals surface area (Å²) in [6.07, 6.45) is 41.9. The van der Waals surface area contributed by atoms with Gasteiger partial charge in [-0.25, -0.2) is 44.9 Å². The van der Waals surface area contributed by atoms with Crippen molar-refractivity contribution >= 4 is 209 Å². The Bertz CT molecular complexity index is 7160. The van der Waals surface area contributed by atoms with E-state index in [-0.39, 0.29) is 29.7 Å². The number of halogens is 10. The van der Waals surface area contributed by atoms with Crippen LogP contribution in [0.3, 0.4) is 0 Å². The molecule has 5 saturated heterocycles. The number of nitrogens with zero attached hydrogens (tertiary/aromatic N) is 19. The third kappa shape index (κ3) is 21.2. The number of aryl methyl sites for hydroxylation is 2. The Morgan fingerprint density at radius 1 is 0.371 bits per heavy atom. The molecule has 15 aromatic rings. The third-order valence-electron chi connectivity index (χ3n) is 30.7. The van der Waals surface area contributed by atoms with Crippen LogP contribution in [-0.2, 0) is 13.2 Å². The minimum absolute atomic E-state index is 0.0808. The van der Waals surface area contributed by atoms with Crippen molar-refractivity contribution < 1.29 is 10.2 Å². The number of pyridine rings is 1. The van der Waals surface area contributed by atoms with Crippen LogP contribution in [0.1, 0.15) is 158 Å². The van der Waals surface area contributed by atoms with Crippen molar-refractivity contribution in [2.45, 2.75) is 222 Å². The molecule has 3 spiro atoms. The van der Waals surface area contributed by atoms with E-state index in [0.29, 0.717) is 84.8 Å². The van der Waals surface area contributed by atoms with Gasteiger partial charge in [-0.15, -0.1) is 0 Å². The first-order valence-corrected chi connectivity index (χ1v) is 55.0. The molecule has 5 aliphatic heterocycles. The molecule has 39 heteroatoms. The lowest BCUT2D eigenvalue weighted by atomic mass is 9.74. The molecule has 5 aromatic carbocycles. The normalized spacial score (nSPS) is 19.5. The smallest absolute Gasteiger partial charge is 0.211 e. The van der Waals surface area contributed by atoms with Crippen LogP contribution in [0.4, 0.5) is 29.2 Å². The second-order valence-corrected chi connectivity index (χ2v) is 46.7. The summed E-state index contributed by atoms with van der Waals surface area (Å²) >= 11 is 67.5. The molecule has 0 amide bonds. The van der Waals surface area contributed by atoms with Crippen molar-refractivity contribution in [2.24, 2.45) is 44.9 Å². The summed E-state index contributed by atoms with van der Waals surface area (Å²) < 4.78 is 10.3. The van der Waals surface area contributed by atoms with Crippen molar-refractivity contribution in [2.75, 3.05) is 89.9 Å². The zero-order valence-electron chi connectivity index (χ0n) is 80.0. The van der Waals surface area contributed by atoms with E-state index in [1.54, 1.807) is 66.9 Å². The first kappa shape index (κ1) is 103. The largest absolute Gasteiger partial charge is 0.390 e. The summed E-state index contributed by atoms with van der Waals surface area (Å²) in [5, 5.41) is 26.7. The molecule has 0 radical (unpaired) electrons. The number of aliphatic hydroxyl groups excluding tert-OH is 2. The van der Waals surface area contributed by atoms with Crippen molar-refractivity contribution in [1.82, 2.24) is 66.9 Å². The first-order chi connectivity index (χ1) is 68.9. The van der Waals surface area contributed by atoms with Crippen molar-refractivity contribution in [3.8, 4) is 22.4 Å². The molecule has 26 nitrogen and oxygen atoms in total. The van der Waals surface area contributed by atoms with Gasteiger partial charge in [0, 0.05) is 163 Å². The zero-order valence-corrected chi connectivity index (χ0v) is 90.0. The molecule has 12 N–H and O–H groups in total. The van der Waals surface area contributed by atoms with Gasteiger partial charge in [-0.2, -0.15) is 0 Å². The Morgan fingerprint density at radius 3 is 1.22 bits per heavy atom. The number of aliphatic hydroxyl groups is 2.